The number of amides is 2. The van der Waals surface area contributed by atoms with Crippen molar-refractivity contribution in [2.75, 3.05) is 5.75 Å². The third-order valence-corrected chi connectivity index (χ3v) is 9.38. The van der Waals surface area contributed by atoms with E-state index in [9.17, 15) is 32.2 Å². The minimum atomic E-state index is -1.78. The molecule has 1 heterocycles. The number of nitrogens with one attached hydrogen (secondary N) is 2. The number of carbonyl (C=O) groups is 4. The fraction of sp³-hybridized carbons (Fsp3) is 0.583. The summed E-state index contributed by atoms with van der Waals surface area (Å²) in [5, 5.41) is 14.3. The Morgan fingerprint density at radius 2 is 1.83 bits per heavy atom. The number of carbonyl (C=O) groups excluding carboxylic acids is 3. The summed E-state index contributed by atoms with van der Waals surface area (Å²) in [5.74, 6) is -5.58. The van der Waals surface area contributed by atoms with Gasteiger partial charge in [0.1, 0.15) is 12.1 Å². The van der Waals surface area contributed by atoms with E-state index in [0.29, 0.717) is 6.42 Å². The van der Waals surface area contributed by atoms with Gasteiger partial charge in [0.15, 0.2) is 11.6 Å². The minimum absolute atomic E-state index is 0.00397. The third kappa shape index (κ3) is 9.61. The largest absolute Gasteiger partial charge is 0.475 e. The third-order valence-electron chi connectivity index (χ3n) is 5.72. The van der Waals surface area contributed by atoms with Crippen LogP contribution in [0.4, 0.5) is 8.78 Å². The van der Waals surface area contributed by atoms with E-state index in [0.717, 1.165) is 37.1 Å². The monoisotopic (exact) mass is 546 g/mol. The summed E-state index contributed by atoms with van der Waals surface area (Å²) in [6, 6.07) is 0.332. The Hall–Kier alpha value is -2.34. The molecular formula is C24H32F2N2O6S2. The highest BCUT2D eigenvalue weighted by atomic mass is 33.1. The summed E-state index contributed by atoms with van der Waals surface area (Å²) in [6.07, 6.45) is 3.02. The summed E-state index contributed by atoms with van der Waals surface area (Å²) in [4.78, 5) is 49.0. The van der Waals surface area contributed by atoms with Crippen molar-refractivity contribution in [3.8, 4) is 0 Å². The average Bonchev–Trinajstić information content (AvgIpc) is 3.21. The minimum Gasteiger partial charge on any atom is -0.475 e. The number of ketones is 1. The predicted octanol–water partition coefficient (Wildman–Crippen LogP) is 2.91. The van der Waals surface area contributed by atoms with Crippen LogP contribution in [-0.2, 0) is 35.4 Å². The number of Topliss-reactive ketones (excluding diaryl/α,β-unsaturated/α-hetero) is 1. The number of benzene rings is 1. The van der Waals surface area contributed by atoms with Gasteiger partial charge in [-0.15, -0.1) is 0 Å². The molecule has 2 amide bonds. The zero-order chi connectivity index (χ0) is 26.8. The van der Waals surface area contributed by atoms with Gasteiger partial charge in [-0.2, -0.15) is 0 Å². The Labute approximate surface area is 215 Å². The molecule has 2 rings (SSSR count). The number of hydrogen-bond donors (Lipinski definition) is 3. The summed E-state index contributed by atoms with van der Waals surface area (Å²) >= 11 is 0. The molecular weight excluding hydrogens is 514 g/mol. The van der Waals surface area contributed by atoms with Crippen molar-refractivity contribution >= 4 is 44.2 Å². The summed E-state index contributed by atoms with van der Waals surface area (Å²) in [7, 11) is 0.577. The quantitative estimate of drug-likeness (QED) is 0.186. The maximum atomic E-state index is 13.6. The second-order valence-corrected chi connectivity index (χ2v) is 12.7. The smallest absolute Gasteiger partial charge is 0.374 e. The molecule has 1 fully saturated rings. The molecule has 0 spiro atoms. The van der Waals surface area contributed by atoms with E-state index in [1.54, 1.807) is 0 Å². The van der Waals surface area contributed by atoms with Crippen molar-refractivity contribution in [2.45, 2.75) is 76.1 Å². The molecule has 2 unspecified atom stereocenters. The molecule has 12 heteroatoms. The van der Waals surface area contributed by atoms with Crippen LogP contribution in [0.1, 0.15) is 57.9 Å². The zero-order valence-corrected chi connectivity index (χ0v) is 21.9. The lowest BCUT2D eigenvalue weighted by molar-refractivity contribution is -0.150. The molecule has 1 aromatic carbocycles. The van der Waals surface area contributed by atoms with Gasteiger partial charge in [0.25, 0.3) is 5.78 Å². The van der Waals surface area contributed by atoms with Crippen molar-refractivity contribution < 1.29 is 37.3 Å². The van der Waals surface area contributed by atoms with Crippen LogP contribution in [0.15, 0.2) is 18.2 Å². The zero-order valence-electron chi connectivity index (χ0n) is 20.3. The molecule has 0 aliphatic carbocycles. The van der Waals surface area contributed by atoms with Crippen LogP contribution < -0.4 is 10.6 Å². The van der Waals surface area contributed by atoms with Gasteiger partial charge in [0.2, 0.25) is 11.8 Å². The average molecular weight is 547 g/mol. The van der Waals surface area contributed by atoms with Crippen LogP contribution in [0.25, 0.3) is 0 Å². The molecule has 1 aromatic rings. The number of unbranched alkanes of at least 4 members (excludes halogenated alkanes) is 1. The van der Waals surface area contributed by atoms with Crippen LogP contribution in [0.2, 0.25) is 0 Å². The lowest BCUT2D eigenvalue weighted by Crippen LogP contribution is -2.53. The van der Waals surface area contributed by atoms with Gasteiger partial charge in [-0.25, -0.2) is 17.8 Å². The summed E-state index contributed by atoms with van der Waals surface area (Å²) < 4.78 is 38.6. The van der Waals surface area contributed by atoms with Gasteiger partial charge in [-0.1, -0.05) is 37.1 Å². The lowest BCUT2D eigenvalue weighted by atomic mass is 9.99. The van der Waals surface area contributed by atoms with E-state index in [1.807, 2.05) is 13.8 Å². The highest BCUT2D eigenvalue weighted by molar-refractivity contribution is 8.69. The number of halogens is 2. The van der Waals surface area contributed by atoms with E-state index in [-0.39, 0.29) is 41.9 Å². The Balaban J connectivity index is 1.99. The van der Waals surface area contributed by atoms with Crippen LogP contribution >= 0.6 is 10.8 Å². The lowest BCUT2D eigenvalue weighted by Gasteiger charge is -2.23. The first-order valence-electron chi connectivity index (χ1n) is 11.8. The second kappa shape index (κ2) is 14.4. The van der Waals surface area contributed by atoms with Crippen LogP contribution in [-0.4, -0.2) is 56.0 Å². The first kappa shape index (κ1) is 29.9. The van der Waals surface area contributed by atoms with Gasteiger partial charge >= 0.3 is 5.97 Å². The van der Waals surface area contributed by atoms with E-state index in [1.165, 1.54) is 16.9 Å². The van der Waals surface area contributed by atoms with Crippen molar-refractivity contribution in [1.82, 2.24) is 10.6 Å². The Morgan fingerprint density at radius 1 is 1.11 bits per heavy atom. The van der Waals surface area contributed by atoms with Gasteiger partial charge in [-0.3, -0.25) is 14.4 Å². The first-order chi connectivity index (χ1) is 17.0. The fourth-order valence-electron chi connectivity index (χ4n) is 3.85. The van der Waals surface area contributed by atoms with Crippen molar-refractivity contribution in [2.24, 2.45) is 5.92 Å². The van der Waals surface area contributed by atoms with Crippen LogP contribution in [0.3, 0.4) is 0 Å². The molecule has 0 radical (unpaired) electrons. The van der Waals surface area contributed by atoms with E-state index in [2.05, 4.69) is 10.6 Å². The SMILES string of the molecule is CC(C)C[C@H](NC(=O)CCCCC1CCSS1=O)C(=O)N[C@@H](Cc1ccc(F)c(F)c1)C(=O)C(=O)O. The van der Waals surface area contributed by atoms with E-state index >= 15 is 0 Å². The topological polar surface area (TPSA) is 130 Å². The Kier molecular flexibility index (Phi) is 12.0. The number of aliphatic carboxylic acids is 1. The second-order valence-electron chi connectivity index (χ2n) is 9.17. The molecule has 36 heavy (non-hydrogen) atoms. The first-order valence-corrected chi connectivity index (χ1v) is 14.5. The highest BCUT2D eigenvalue weighted by Gasteiger charge is 2.31. The van der Waals surface area contributed by atoms with Gasteiger partial charge in [0.05, 0.1) is 9.83 Å². The molecule has 0 aromatic heterocycles. The van der Waals surface area contributed by atoms with Gasteiger partial charge in [-0.05, 0) is 49.3 Å². The number of carboxylic acid groups (broad SMARTS) is 1. The van der Waals surface area contributed by atoms with Crippen LogP contribution in [0, 0.1) is 17.6 Å². The van der Waals surface area contributed by atoms with Gasteiger partial charge < -0.3 is 15.7 Å². The van der Waals surface area contributed by atoms with E-state index < -0.39 is 51.2 Å². The number of carboxylic acids is 1. The maximum absolute atomic E-state index is 13.6. The summed E-state index contributed by atoms with van der Waals surface area (Å²) in [6.45, 7) is 3.68. The predicted molar refractivity (Wildman–Crippen MR) is 133 cm³/mol. The van der Waals surface area contributed by atoms with Crippen molar-refractivity contribution in [3.05, 3.63) is 35.4 Å². The molecule has 3 N–H and O–H groups in total. The number of rotatable bonds is 14. The normalized spacial score (nSPS) is 19.0. The van der Waals surface area contributed by atoms with Crippen molar-refractivity contribution in [1.29, 1.82) is 0 Å². The van der Waals surface area contributed by atoms with E-state index in [4.69, 9.17) is 5.11 Å². The maximum Gasteiger partial charge on any atom is 0.374 e. The van der Waals surface area contributed by atoms with Crippen molar-refractivity contribution in [3.63, 3.8) is 0 Å². The standard InChI is InChI=1S/C24H32F2N2O6S2/c1-14(2)11-20(27-21(29)6-4-3-5-16-9-10-35-36(16)34)23(31)28-19(22(30)24(32)33)13-15-7-8-17(25)18(26)12-15/h7-8,12,14,16,19-20H,3-6,9-11,13H2,1-2H3,(H,27,29)(H,28,31)(H,32,33)/t16?,19-,20-,36?/m0/s1. The van der Waals surface area contributed by atoms with Crippen LogP contribution in [0.5, 0.6) is 0 Å². The van der Waals surface area contributed by atoms with Gasteiger partial charge in [0, 0.05) is 23.8 Å². The molecule has 1 aliphatic heterocycles. The molecule has 4 atom stereocenters. The number of hydrogen-bond acceptors (Lipinski definition) is 6. The Morgan fingerprint density at radius 3 is 2.42 bits per heavy atom. The molecule has 0 saturated carbocycles. The molecule has 0 bridgehead atoms. The fourth-order valence-corrected chi connectivity index (χ4v) is 7.35. The Bertz CT molecular complexity index is 991. The molecule has 8 nitrogen and oxygen atoms in total. The highest BCUT2D eigenvalue weighted by Crippen LogP contribution is 2.29. The molecule has 200 valence electrons. The molecule has 1 saturated heterocycles. The molecule has 1 aliphatic rings. The summed E-state index contributed by atoms with van der Waals surface area (Å²) in [5.41, 5.74) is 0.125.